The van der Waals surface area contributed by atoms with Crippen molar-refractivity contribution in [2.45, 2.75) is 26.2 Å². The van der Waals surface area contributed by atoms with E-state index in [-0.39, 0.29) is 12.5 Å². The molecule has 0 unspecified atom stereocenters. The SMILES string of the molecule is Cc1cccc(OCC(=O)NNC(=O)CCCc2ccc(Cl)cc2)c1. The van der Waals surface area contributed by atoms with E-state index in [1.54, 1.807) is 6.07 Å². The first-order chi connectivity index (χ1) is 12.0. The molecule has 0 radical (unpaired) electrons. The van der Waals surface area contributed by atoms with Crippen LogP contribution in [0.3, 0.4) is 0 Å². The summed E-state index contributed by atoms with van der Waals surface area (Å²) in [4.78, 5) is 23.4. The molecule has 0 atom stereocenters. The van der Waals surface area contributed by atoms with Gasteiger partial charge in [0.1, 0.15) is 5.75 Å². The number of hydrazine groups is 1. The van der Waals surface area contributed by atoms with Gasteiger partial charge in [0.05, 0.1) is 0 Å². The van der Waals surface area contributed by atoms with Crippen molar-refractivity contribution in [1.29, 1.82) is 0 Å². The lowest BCUT2D eigenvalue weighted by atomic mass is 10.1. The molecule has 2 amide bonds. The van der Waals surface area contributed by atoms with Crippen molar-refractivity contribution in [3.05, 3.63) is 64.7 Å². The van der Waals surface area contributed by atoms with Gasteiger partial charge in [0.15, 0.2) is 6.61 Å². The Morgan fingerprint density at radius 3 is 2.48 bits per heavy atom. The number of aryl methyl sites for hydroxylation is 2. The summed E-state index contributed by atoms with van der Waals surface area (Å²) in [6, 6.07) is 14.9. The fourth-order valence-electron chi connectivity index (χ4n) is 2.20. The average molecular weight is 361 g/mol. The number of benzene rings is 2. The topological polar surface area (TPSA) is 67.4 Å². The number of nitrogens with one attached hydrogen (secondary N) is 2. The minimum atomic E-state index is -0.410. The summed E-state index contributed by atoms with van der Waals surface area (Å²) in [6.07, 6.45) is 1.78. The molecule has 25 heavy (non-hydrogen) atoms. The number of carbonyl (C=O) groups is 2. The molecule has 6 heteroatoms. The third-order valence-electron chi connectivity index (χ3n) is 3.48. The number of halogens is 1. The maximum atomic E-state index is 11.7. The van der Waals surface area contributed by atoms with E-state index in [2.05, 4.69) is 10.9 Å². The van der Waals surface area contributed by atoms with Gasteiger partial charge < -0.3 is 4.74 Å². The Bertz CT molecular complexity index is 717. The third kappa shape index (κ3) is 7.27. The van der Waals surface area contributed by atoms with Crippen LogP contribution in [0.1, 0.15) is 24.0 Å². The van der Waals surface area contributed by atoms with Gasteiger partial charge in [-0.1, -0.05) is 35.9 Å². The van der Waals surface area contributed by atoms with Crippen molar-refractivity contribution in [1.82, 2.24) is 10.9 Å². The molecule has 5 nitrogen and oxygen atoms in total. The Balaban J connectivity index is 1.60. The van der Waals surface area contributed by atoms with E-state index in [0.717, 1.165) is 17.5 Å². The second-order valence-electron chi connectivity index (χ2n) is 5.68. The lowest BCUT2D eigenvalue weighted by Gasteiger charge is -2.09. The van der Waals surface area contributed by atoms with E-state index in [4.69, 9.17) is 16.3 Å². The van der Waals surface area contributed by atoms with Crippen LogP contribution in [0.25, 0.3) is 0 Å². The summed E-state index contributed by atoms with van der Waals surface area (Å²) in [5.41, 5.74) is 6.89. The van der Waals surface area contributed by atoms with Crippen molar-refractivity contribution in [3.63, 3.8) is 0 Å². The predicted octanol–water partition coefficient (Wildman–Crippen LogP) is 3.20. The van der Waals surface area contributed by atoms with Crippen molar-refractivity contribution >= 4 is 23.4 Å². The van der Waals surface area contributed by atoms with Crippen LogP contribution in [0.4, 0.5) is 0 Å². The van der Waals surface area contributed by atoms with Crippen LogP contribution < -0.4 is 15.6 Å². The molecule has 0 saturated carbocycles. The first-order valence-corrected chi connectivity index (χ1v) is 8.42. The maximum absolute atomic E-state index is 11.7. The number of amides is 2. The first-order valence-electron chi connectivity index (χ1n) is 8.04. The highest BCUT2D eigenvalue weighted by atomic mass is 35.5. The van der Waals surface area contributed by atoms with Crippen molar-refractivity contribution in [2.75, 3.05) is 6.61 Å². The minimum absolute atomic E-state index is 0.158. The highest BCUT2D eigenvalue weighted by molar-refractivity contribution is 6.30. The van der Waals surface area contributed by atoms with Crippen LogP contribution in [-0.2, 0) is 16.0 Å². The standard InChI is InChI=1S/C19H21ClN2O3/c1-14-4-2-6-17(12-14)25-13-19(24)22-21-18(23)7-3-5-15-8-10-16(20)11-9-15/h2,4,6,8-12H,3,5,7,13H2,1H3,(H,21,23)(H,22,24). The Kier molecular flexibility index (Phi) is 7.29. The molecular formula is C19H21ClN2O3. The predicted molar refractivity (Wildman–Crippen MR) is 97.3 cm³/mol. The van der Waals surface area contributed by atoms with Gasteiger partial charge in [-0.05, 0) is 55.2 Å². The number of hydrogen-bond acceptors (Lipinski definition) is 3. The lowest BCUT2D eigenvalue weighted by Crippen LogP contribution is -2.43. The van der Waals surface area contributed by atoms with E-state index in [1.807, 2.05) is 49.4 Å². The molecule has 132 valence electrons. The van der Waals surface area contributed by atoms with Crippen LogP contribution >= 0.6 is 11.6 Å². The molecule has 2 aromatic rings. The van der Waals surface area contributed by atoms with Crippen molar-refractivity contribution < 1.29 is 14.3 Å². The second-order valence-corrected chi connectivity index (χ2v) is 6.12. The number of carbonyl (C=O) groups excluding carboxylic acids is 2. The second kappa shape index (κ2) is 9.69. The molecule has 2 N–H and O–H groups in total. The Labute approximate surface area is 152 Å². The number of hydrogen-bond donors (Lipinski definition) is 2. The van der Waals surface area contributed by atoms with Gasteiger partial charge in [-0.2, -0.15) is 0 Å². The zero-order chi connectivity index (χ0) is 18.1. The molecule has 0 aromatic heterocycles. The quantitative estimate of drug-likeness (QED) is 0.745. The van der Waals surface area contributed by atoms with Gasteiger partial charge >= 0.3 is 0 Å². The van der Waals surface area contributed by atoms with Gasteiger partial charge in [0, 0.05) is 11.4 Å². The first kappa shape index (κ1) is 18.8. The maximum Gasteiger partial charge on any atom is 0.276 e. The molecule has 0 aliphatic rings. The van der Waals surface area contributed by atoms with Gasteiger partial charge in [0.2, 0.25) is 5.91 Å². The molecule has 0 aliphatic heterocycles. The Hall–Kier alpha value is -2.53. The highest BCUT2D eigenvalue weighted by Crippen LogP contribution is 2.12. The normalized spacial score (nSPS) is 10.2. The van der Waals surface area contributed by atoms with E-state index < -0.39 is 5.91 Å². The number of rotatable bonds is 7. The van der Waals surface area contributed by atoms with Crippen LogP contribution in [0.2, 0.25) is 5.02 Å². The van der Waals surface area contributed by atoms with Crippen molar-refractivity contribution in [2.24, 2.45) is 0 Å². The van der Waals surface area contributed by atoms with Crippen molar-refractivity contribution in [3.8, 4) is 5.75 Å². The summed E-state index contributed by atoms with van der Waals surface area (Å²) in [6.45, 7) is 1.78. The van der Waals surface area contributed by atoms with E-state index in [1.165, 1.54) is 0 Å². The van der Waals surface area contributed by atoms with E-state index >= 15 is 0 Å². The highest BCUT2D eigenvalue weighted by Gasteiger charge is 2.06. The van der Waals surface area contributed by atoms with Gasteiger partial charge in [-0.15, -0.1) is 0 Å². The largest absolute Gasteiger partial charge is 0.484 e. The molecule has 0 saturated heterocycles. The fourth-order valence-corrected chi connectivity index (χ4v) is 2.32. The summed E-state index contributed by atoms with van der Waals surface area (Å²) >= 11 is 5.82. The molecule has 0 aliphatic carbocycles. The molecule has 0 fully saturated rings. The zero-order valence-corrected chi connectivity index (χ0v) is 14.8. The zero-order valence-electron chi connectivity index (χ0n) is 14.0. The summed E-state index contributed by atoms with van der Waals surface area (Å²) < 4.78 is 5.36. The Morgan fingerprint density at radius 1 is 1.04 bits per heavy atom. The lowest BCUT2D eigenvalue weighted by molar-refractivity contribution is -0.130. The smallest absolute Gasteiger partial charge is 0.276 e. The summed E-state index contributed by atoms with van der Waals surface area (Å²) in [5, 5.41) is 0.692. The van der Waals surface area contributed by atoms with E-state index in [0.29, 0.717) is 23.6 Å². The monoisotopic (exact) mass is 360 g/mol. The summed E-state index contributed by atoms with van der Waals surface area (Å²) in [5.74, 6) is -0.0325. The molecule has 0 spiro atoms. The molecule has 0 bridgehead atoms. The molecule has 2 aromatic carbocycles. The van der Waals surface area contributed by atoms with Crippen LogP contribution in [0, 0.1) is 6.92 Å². The van der Waals surface area contributed by atoms with Gasteiger partial charge in [0.25, 0.3) is 5.91 Å². The minimum Gasteiger partial charge on any atom is -0.484 e. The Morgan fingerprint density at radius 2 is 1.76 bits per heavy atom. The van der Waals surface area contributed by atoms with E-state index in [9.17, 15) is 9.59 Å². The van der Waals surface area contributed by atoms with Gasteiger partial charge in [-0.25, -0.2) is 0 Å². The summed E-state index contributed by atoms with van der Waals surface area (Å²) in [7, 11) is 0. The fraction of sp³-hybridized carbons (Fsp3) is 0.263. The molecule has 0 heterocycles. The van der Waals surface area contributed by atoms with Gasteiger partial charge in [-0.3, -0.25) is 20.4 Å². The van der Waals surface area contributed by atoms with Crippen LogP contribution in [0.15, 0.2) is 48.5 Å². The molecular weight excluding hydrogens is 340 g/mol. The molecule has 2 rings (SSSR count). The third-order valence-corrected chi connectivity index (χ3v) is 3.74. The average Bonchev–Trinajstić information content (AvgIpc) is 2.60. The number of ether oxygens (including phenoxy) is 1. The van der Waals surface area contributed by atoms with Crippen LogP contribution in [0.5, 0.6) is 5.75 Å². The van der Waals surface area contributed by atoms with Crippen LogP contribution in [-0.4, -0.2) is 18.4 Å².